The Morgan fingerprint density at radius 1 is 1.03 bits per heavy atom. The Balaban J connectivity index is 1.46. The molecule has 0 unspecified atom stereocenters. The number of hydrogen-bond acceptors (Lipinski definition) is 6. The first-order valence-corrected chi connectivity index (χ1v) is 11.7. The average Bonchev–Trinajstić information content (AvgIpc) is 3.09. The zero-order valence-corrected chi connectivity index (χ0v) is 19.1. The van der Waals surface area contributed by atoms with Gasteiger partial charge in [-0.15, -0.1) is 0 Å². The summed E-state index contributed by atoms with van der Waals surface area (Å²) in [6.45, 7) is 10.5. The van der Waals surface area contributed by atoms with Gasteiger partial charge in [0.25, 0.3) is 5.91 Å². The number of aromatic nitrogens is 2. The Hall–Kier alpha value is -2.41. The van der Waals surface area contributed by atoms with E-state index < -0.39 is 5.54 Å². The predicted molar refractivity (Wildman–Crippen MR) is 121 cm³/mol. The standard InChI is InChI=1S/C24H35N5O2/c1-18(2)28-14-16-29(17-15-28)21-10-8-20(9-11-21)22(30)26-24(12-6-4-5-7-13-24)23-25-19(3)31-27-23/h8-11,18H,4-7,12-17H2,1-3H3,(H,26,30). The van der Waals surface area contributed by atoms with Crippen molar-refractivity contribution in [3.63, 3.8) is 0 Å². The van der Waals surface area contributed by atoms with Crippen molar-refractivity contribution in [2.75, 3.05) is 31.1 Å². The summed E-state index contributed by atoms with van der Waals surface area (Å²) in [6, 6.07) is 8.60. The van der Waals surface area contributed by atoms with Gasteiger partial charge in [-0.25, -0.2) is 0 Å². The van der Waals surface area contributed by atoms with Gasteiger partial charge < -0.3 is 14.7 Å². The number of piperazine rings is 1. The van der Waals surface area contributed by atoms with Gasteiger partial charge in [0.15, 0.2) is 5.82 Å². The third kappa shape index (κ3) is 4.92. The minimum atomic E-state index is -0.544. The van der Waals surface area contributed by atoms with Crippen LogP contribution in [-0.2, 0) is 5.54 Å². The van der Waals surface area contributed by atoms with Crippen molar-refractivity contribution in [1.82, 2.24) is 20.4 Å². The molecule has 4 rings (SSSR count). The molecule has 1 aliphatic carbocycles. The zero-order chi connectivity index (χ0) is 21.8. The van der Waals surface area contributed by atoms with Crippen molar-refractivity contribution in [2.45, 2.75) is 70.9 Å². The van der Waals surface area contributed by atoms with E-state index in [0.717, 1.165) is 51.9 Å². The summed E-state index contributed by atoms with van der Waals surface area (Å²) in [5.74, 6) is 1.08. The maximum Gasteiger partial charge on any atom is 0.252 e. The number of rotatable bonds is 5. The molecule has 1 aromatic carbocycles. The summed E-state index contributed by atoms with van der Waals surface area (Å²) in [6.07, 6.45) is 6.14. The highest BCUT2D eigenvalue weighted by Gasteiger charge is 2.39. The fraction of sp³-hybridized carbons (Fsp3) is 0.625. The van der Waals surface area contributed by atoms with E-state index in [2.05, 4.69) is 51.2 Å². The largest absolute Gasteiger partial charge is 0.369 e. The first kappa shape index (κ1) is 21.8. The quantitative estimate of drug-likeness (QED) is 0.733. The van der Waals surface area contributed by atoms with Crippen molar-refractivity contribution >= 4 is 11.6 Å². The highest BCUT2D eigenvalue weighted by Crippen LogP contribution is 2.35. The molecule has 7 heteroatoms. The zero-order valence-electron chi connectivity index (χ0n) is 19.1. The topological polar surface area (TPSA) is 74.5 Å². The van der Waals surface area contributed by atoms with E-state index in [0.29, 0.717) is 23.3 Å². The highest BCUT2D eigenvalue weighted by atomic mass is 16.5. The van der Waals surface area contributed by atoms with E-state index in [9.17, 15) is 4.79 Å². The maximum atomic E-state index is 13.2. The monoisotopic (exact) mass is 425 g/mol. The molecule has 0 bridgehead atoms. The first-order chi connectivity index (χ1) is 15.0. The molecule has 2 heterocycles. The van der Waals surface area contributed by atoms with Gasteiger partial charge in [-0.2, -0.15) is 4.98 Å². The van der Waals surface area contributed by atoms with Gasteiger partial charge in [0.1, 0.15) is 5.54 Å². The molecule has 2 aliphatic rings. The molecule has 2 fully saturated rings. The number of nitrogens with one attached hydrogen (secondary N) is 1. The Labute approximate surface area is 185 Å². The molecule has 2 aromatic rings. The van der Waals surface area contributed by atoms with Gasteiger partial charge in [0.05, 0.1) is 0 Å². The van der Waals surface area contributed by atoms with Crippen LogP contribution in [0.3, 0.4) is 0 Å². The normalized spacial score (nSPS) is 19.9. The number of nitrogens with zero attached hydrogens (tertiary/aromatic N) is 4. The Morgan fingerprint density at radius 2 is 1.68 bits per heavy atom. The number of carbonyl (C=O) groups is 1. The molecular formula is C24H35N5O2. The van der Waals surface area contributed by atoms with Gasteiger partial charge >= 0.3 is 0 Å². The number of carbonyl (C=O) groups excluding carboxylic acids is 1. The second-order valence-electron chi connectivity index (χ2n) is 9.25. The maximum absolute atomic E-state index is 13.2. The summed E-state index contributed by atoms with van der Waals surface area (Å²) in [7, 11) is 0. The van der Waals surface area contributed by atoms with E-state index in [4.69, 9.17) is 4.52 Å². The number of anilines is 1. The molecule has 1 N–H and O–H groups in total. The highest BCUT2D eigenvalue weighted by molar-refractivity contribution is 5.95. The predicted octanol–water partition coefficient (Wildman–Crippen LogP) is 3.89. The van der Waals surface area contributed by atoms with Crippen LogP contribution in [0.2, 0.25) is 0 Å². The van der Waals surface area contributed by atoms with Gasteiger partial charge in [-0.3, -0.25) is 9.69 Å². The fourth-order valence-electron chi connectivity index (χ4n) is 4.84. The average molecular weight is 426 g/mol. The molecule has 0 atom stereocenters. The molecule has 0 radical (unpaired) electrons. The van der Waals surface area contributed by atoms with E-state index >= 15 is 0 Å². The lowest BCUT2D eigenvalue weighted by molar-refractivity contribution is 0.0876. The smallest absolute Gasteiger partial charge is 0.252 e. The summed E-state index contributed by atoms with van der Waals surface area (Å²) < 4.78 is 5.25. The number of benzene rings is 1. The van der Waals surface area contributed by atoms with Crippen LogP contribution in [0.25, 0.3) is 0 Å². The lowest BCUT2D eigenvalue weighted by Crippen LogP contribution is -2.49. The summed E-state index contributed by atoms with van der Waals surface area (Å²) in [5.41, 5.74) is 1.31. The Bertz CT molecular complexity index is 860. The molecule has 0 spiro atoms. The Morgan fingerprint density at radius 3 is 2.23 bits per heavy atom. The van der Waals surface area contributed by atoms with Crippen molar-refractivity contribution in [2.24, 2.45) is 0 Å². The second kappa shape index (κ2) is 9.39. The molecule has 1 saturated heterocycles. The minimum Gasteiger partial charge on any atom is -0.369 e. The molecule has 1 amide bonds. The van der Waals surface area contributed by atoms with Crippen LogP contribution in [0.15, 0.2) is 28.8 Å². The van der Waals surface area contributed by atoms with Crippen LogP contribution in [0.1, 0.15) is 74.4 Å². The first-order valence-electron chi connectivity index (χ1n) is 11.7. The van der Waals surface area contributed by atoms with Crippen LogP contribution in [-0.4, -0.2) is 53.2 Å². The number of amides is 1. The van der Waals surface area contributed by atoms with E-state index in [1.807, 2.05) is 12.1 Å². The van der Waals surface area contributed by atoms with Crippen molar-refractivity contribution in [3.8, 4) is 0 Å². The third-order valence-electron chi connectivity index (χ3n) is 6.80. The molecule has 31 heavy (non-hydrogen) atoms. The molecule has 1 aliphatic heterocycles. The lowest BCUT2D eigenvalue weighted by atomic mass is 9.88. The van der Waals surface area contributed by atoms with Crippen molar-refractivity contribution in [1.29, 1.82) is 0 Å². The van der Waals surface area contributed by atoms with Crippen LogP contribution in [0.4, 0.5) is 5.69 Å². The SMILES string of the molecule is Cc1nc(C2(NC(=O)c3ccc(N4CCN(C(C)C)CC4)cc3)CCCCCC2)no1. The summed E-state index contributed by atoms with van der Waals surface area (Å²) in [5, 5.41) is 7.47. The number of hydrogen-bond donors (Lipinski definition) is 1. The second-order valence-corrected chi connectivity index (χ2v) is 9.25. The summed E-state index contributed by atoms with van der Waals surface area (Å²) >= 11 is 0. The molecule has 1 aromatic heterocycles. The van der Waals surface area contributed by atoms with Crippen molar-refractivity contribution < 1.29 is 9.32 Å². The molecule has 7 nitrogen and oxygen atoms in total. The fourth-order valence-corrected chi connectivity index (χ4v) is 4.84. The van der Waals surface area contributed by atoms with Crippen LogP contribution in [0, 0.1) is 6.92 Å². The van der Waals surface area contributed by atoms with Crippen molar-refractivity contribution in [3.05, 3.63) is 41.5 Å². The van der Waals surface area contributed by atoms with Gasteiger partial charge in [-0.05, 0) is 51.0 Å². The van der Waals surface area contributed by atoms with Gasteiger partial charge in [-0.1, -0.05) is 30.8 Å². The van der Waals surface area contributed by atoms with Gasteiger partial charge in [0.2, 0.25) is 5.89 Å². The molecule has 168 valence electrons. The molecule has 1 saturated carbocycles. The molecular weight excluding hydrogens is 390 g/mol. The van der Waals surface area contributed by atoms with E-state index in [1.54, 1.807) is 6.92 Å². The third-order valence-corrected chi connectivity index (χ3v) is 6.80. The van der Waals surface area contributed by atoms with Crippen LogP contribution < -0.4 is 10.2 Å². The van der Waals surface area contributed by atoms with Gasteiger partial charge in [0, 0.05) is 50.4 Å². The minimum absolute atomic E-state index is 0.0690. The Kier molecular flexibility index (Phi) is 6.60. The number of aryl methyl sites for hydroxylation is 1. The summed E-state index contributed by atoms with van der Waals surface area (Å²) in [4.78, 5) is 22.6. The van der Waals surface area contributed by atoms with Crippen LogP contribution >= 0.6 is 0 Å². The van der Waals surface area contributed by atoms with E-state index in [-0.39, 0.29) is 5.91 Å². The van der Waals surface area contributed by atoms with Crippen LogP contribution in [0.5, 0.6) is 0 Å². The van der Waals surface area contributed by atoms with E-state index in [1.165, 1.54) is 18.5 Å². The lowest BCUT2D eigenvalue weighted by Gasteiger charge is -2.38.